The lowest BCUT2D eigenvalue weighted by molar-refractivity contribution is 0.196. The maximum Gasteiger partial charge on any atom is 0.0789 e. The molecule has 1 N–H and O–H groups in total. The molecule has 1 fully saturated rings. The number of hydrogen-bond donors (Lipinski definition) is 1. The first-order valence-electron chi connectivity index (χ1n) is 4.12. The van der Waals surface area contributed by atoms with Crippen molar-refractivity contribution in [2.75, 3.05) is 0 Å². The lowest BCUT2D eigenvalue weighted by Gasteiger charge is -2.23. The van der Waals surface area contributed by atoms with E-state index in [0.717, 1.165) is 19.3 Å². The summed E-state index contributed by atoms with van der Waals surface area (Å²) in [7, 11) is 0. The van der Waals surface area contributed by atoms with Gasteiger partial charge in [-0.3, -0.25) is 0 Å². The first-order chi connectivity index (χ1) is 5.11. The SMILES string of the molecule is C=C1CCC(=C(C)C)[C@H](O)C1. The average molecular weight is 152 g/mol. The third kappa shape index (κ3) is 1.93. The molecule has 0 aliphatic heterocycles. The van der Waals surface area contributed by atoms with E-state index < -0.39 is 0 Å². The van der Waals surface area contributed by atoms with Gasteiger partial charge < -0.3 is 5.11 Å². The maximum atomic E-state index is 9.59. The van der Waals surface area contributed by atoms with E-state index in [0.29, 0.717) is 0 Å². The highest BCUT2D eigenvalue weighted by molar-refractivity contribution is 5.22. The van der Waals surface area contributed by atoms with Crippen LogP contribution in [0.3, 0.4) is 0 Å². The highest BCUT2D eigenvalue weighted by Crippen LogP contribution is 2.28. The van der Waals surface area contributed by atoms with Gasteiger partial charge in [0, 0.05) is 0 Å². The van der Waals surface area contributed by atoms with Crippen molar-refractivity contribution < 1.29 is 5.11 Å². The van der Waals surface area contributed by atoms with Crippen LogP contribution < -0.4 is 0 Å². The fourth-order valence-electron chi connectivity index (χ4n) is 1.56. The third-order valence-electron chi connectivity index (χ3n) is 2.27. The minimum atomic E-state index is -0.249. The number of aliphatic hydroxyl groups excluding tert-OH is 1. The van der Waals surface area contributed by atoms with Crippen LogP contribution in [0.15, 0.2) is 23.3 Å². The van der Waals surface area contributed by atoms with Gasteiger partial charge in [-0.25, -0.2) is 0 Å². The topological polar surface area (TPSA) is 20.2 Å². The van der Waals surface area contributed by atoms with Crippen molar-refractivity contribution >= 4 is 0 Å². The molecule has 1 rings (SSSR count). The zero-order valence-electron chi connectivity index (χ0n) is 7.35. The Morgan fingerprint density at radius 3 is 2.55 bits per heavy atom. The second kappa shape index (κ2) is 3.22. The van der Waals surface area contributed by atoms with E-state index in [1.54, 1.807) is 0 Å². The lowest BCUT2D eigenvalue weighted by Crippen LogP contribution is -2.17. The van der Waals surface area contributed by atoms with Gasteiger partial charge in [-0.1, -0.05) is 17.7 Å². The Kier molecular flexibility index (Phi) is 2.50. The van der Waals surface area contributed by atoms with Crippen molar-refractivity contribution in [2.45, 2.75) is 39.2 Å². The van der Waals surface area contributed by atoms with E-state index in [9.17, 15) is 5.11 Å². The average Bonchev–Trinajstić information content (AvgIpc) is 1.85. The Labute approximate surface area is 68.4 Å². The molecule has 1 aliphatic rings. The second-order valence-corrected chi connectivity index (χ2v) is 3.50. The van der Waals surface area contributed by atoms with Crippen LogP contribution in [0.25, 0.3) is 0 Å². The first kappa shape index (κ1) is 8.54. The third-order valence-corrected chi connectivity index (χ3v) is 2.27. The van der Waals surface area contributed by atoms with Crippen molar-refractivity contribution in [1.29, 1.82) is 0 Å². The Bertz CT molecular complexity index is 197. The number of aliphatic hydroxyl groups is 1. The standard InChI is InChI=1S/C10H16O/c1-7(2)9-5-4-8(3)6-10(9)11/h10-11H,3-6H2,1-2H3/t10-/m1/s1. The molecule has 0 aromatic carbocycles. The van der Waals surface area contributed by atoms with Crippen molar-refractivity contribution in [3.8, 4) is 0 Å². The van der Waals surface area contributed by atoms with Crippen LogP contribution in [0.2, 0.25) is 0 Å². The van der Waals surface area contributed by atoms with Crippen LogP contribution in [-0.2, 0) is 0 Å². The molecule has 0 radical (unpaired) electrons. The van der Waals surface area contributed by atoms with E-state index in [-0.39, 0.29) is 6.10 Å². The molecule has 1 atom stereocenters. The predicted octanol–water partition coefficient (Wildman–Crippen LogP) is 2.42. The first-order valence-corrected chi connectivity index (χ1v) is 4.12. The van der Waals surface area contributed by atoms with Crippen LogP contribution >= 0.6 is 0 Å². The molecule has 0 unspecified atom stereocenters. The highest BCUT2D eigenvalue weighted by Gasteiger charge is 2.18. The zero-order valence-corrected chi connectivity index (χ0v) is 7.35. The number of allylic oxidation sites excluding steroid dienone is 1. The van der Waals surface area contributed by atoms with Gasteiger partial charge in [-0.2, -0.15) is 0 Å². The summed E-state index contributed by atoms with van der Waals surface area (Å²) in [4.78, 5) is 0. The summed E-state index contributed by atoms with van der Waals surface area (Å²) in [5.41, 5.74) is 3.67. The molecule has 11 heavy (non-hydrogen) atoms. The summed E-state index contributed by atoms with van der Waals surface area (Å²) >= 11 is 0. The molecule has 1 saturated carbocycles. The molecular weight excluding hydrogens is 136 g/mol. The molecule has 1 nitrogen and oxygen atoms in total. The highest BCUT2D eigenvalue weighted by atomic mass is 16.3. The fourth-order valence-corrected chi connectivity index (χ4v) is 1.56. The molecule has 0 spiro atoms. The van der Waals surface area contributed by atoms with E-state index in [4.69, 9.17) is 0 Å². The van der Waals surface area contributed by atoms with Crippen molar-refractivity contribution in [3.63, 3.8) is 0 Å². The van der Waals surface area contributed by atoms with Crippen LogP contribution in [0.5, 0.6) is 0 Å². The van der Waals surface area contributed by atoms with E-state index in [2.05, 4.69) is 20.4 Å². The van der Waals surface area contributed by atoms with Crippen LogP contribution in [-0.4, -0.2) is 11.2 Å². The van der Waals surface area contributed by atoms with Gasteiger partial charge in [0.25, 0.3) is 0 Å². The van der Waals surface area contributed by atoms with E-state index in [1.165, 1.54) is 16.7 Å². The van der Waals surface area contributed by atoms with Crippen molar-refractivity contribution in [1.82, 2.24) is 0 Å². The minimum absolute atomic E-state index is 0.249. The molecule has 0 amide bonds. The summed E-state index contributed by atoms with van der Waals surface area (Å²) in [5, 5.41) is 9.59. The summed E-state index contributed by atoms with van der Waals surface area (Å²) in [6, 6.07) is 0. The van der Waals surface area contributed by atoms with Crippen LogP contribution in [0, 0.1) is 0 Å². The van der Waals surface area contributed by atoms with Gasteiger partial charge in [0.2, 0.25) is 0 Å². The largest absolute Gasteiger partial charge is 0.388 e. The van der Waals surface area contributed by atoms with Gasteiger partial charge in [-0.05, 0) is 38.7 Å². The maximum absolute atomic E-state index is 9.59. The van der Waals surface area contributed by atoms with Crippen LogP contribution in [0.4, 0.5) is 0 Å². The predicted molar refractivity (Wildman–Crippen MR) is 47.4 cm³/mol. The lowest BCUT2D eigenvalue weighted by atomic mass is 9.87. The van der Waals surface area contributed by atoms with Gasteiger partial charge in [0.15, 0.2) is 0 Å². The summed E-state index contributed by atoms with van der Waals surface area (Å²) in [5.74, 6) is 0. The Balaban J connectivity index is 2.73. The molecule has 62 valence electrons. The summed E-state index contributed by atoms with van der Waals surface area (Å²) < 4.78 is 0. The number of hydrogen-bond acceptors (Lipinski definition) is 1. The zero-order chi connectivity index (χ0) is 8.43. The molecule has 0 bridgehead atoms. The van der Waals surface area contributed by atoms with Crippen molar-refractivity contribution in [3.05, 3.63) is 23.3 Å². The van der Waals surface area contributed by atoms with Gasteiger partial charge in [0.05, 0.1) is 6.10 Å². The van der Waals surface area contributed by atoms with E-state index in [1.807, 2.05) is 0 Å². The quantitative estimate of drug-likeness (QED) is 0.528. The summed E-state index contributed by atoms with van der Waals surface area (Å²) in [6.45, 7) is 8.00. The normalized spacial score (nSPS) is 25.5. The monoisotopic (exact) mass is 152 g/mol. The Morgan fingerprint density at radius 1 is 1.45 bits per heavy atom. The molecule has 0 saturated heterocycles. The molecule has 1 heteroatoms. The van der Waals surface area contributed by atoms with E-state index >= 15 is 0 Å². The second-order valence-electron chi connectivity index (χ2n) is 3.50. The number of rotatable bonds is 0. The van der Waals surface area contributed by atoms with Gasteiger partial charge >= 0.3 is 0 Å². The fraction of sp³-hybridized carbons (Fsp3) is 0.600. The molecular formula is C10H16O. The minimum Gasteiger partial charge on any atom is -0.388 e. The molecule has 1 aliphatic carbocycles. The van der Waals surface area contributed by atoms with Gasteiger partial charge in [0.1, 0.15) is 0 Å². The molecule has 0 heterocycles. The molecule has 0 aromatic rings. The Morgan fingerprint density at radius 2 is 2.09 bits per heavy atom. The smallest absolute Gasteiger partial charge is 0.0789 e. The molecule has 0 aromatic heterocycles. The Hall–Kier alpha value is -0.560. The van der Waals surface area contributed by atoms with Crippen LogP contribution in [0.1, 0.15) is 33.1 Å². The van der Waals surface area contributed by atoms with Crippen molar-refractivity contribution in [2.24, 2.45) is 0 Å². The van der Waals surface area contributed by atoms with Gasteiger partial charge in [-0.15, -0.1) is 0 Å². The summed E-state index contributed by atoms with van der Waals surface area (Å²) in [6.07, 6.45) is 2.57.